The van der Waals surface area contributed by atoms with Gasteiger partial charge in [-0.15, -0.1) is 0 Å². The van der Waals surface area contributed by atoms with Crippen LogP contribution in [-0.2, 0) is 6.42 Å². The molecule has 0 saturated heterocycles. The van der Waals surface area contributed by atoms with Gasteiger partial charge in [0.2, 0.25) is 0 Å². The molecule has 0 fully saturated rings. The minimum Gasteiger partial charge on any atom is -0.322 e. The molecule has 1 heterocycles. The van der Waals surface area contributed by atoms with Crippen LogP contribution in [0.4, 0.5) is 5.69 Å². The van der Waals surface area contributed by atoms with Crippen LogP contribution in [0.1, 0.15) is 28.5 Å². The van der Waals surface area contributed by atoms with Crippen LogP contribution in [0.25, 0.3) is 0 Å². The highest BCUT2D eigenvalue weighted by Crippen LogP contribution is 2.15. The summed E-state index contributed by atoms with van der Waals surface area (Å²) in [6, 6.07) is 11.9. The first-order chi connectivity index (χ1) is 9.62. The van der Waals surface area contributed by atoms with Crippen molar-refractivity contribution in [2.24, 2.45) is 0 Å². The number of pyridine rings is 1. The topological polar surface area (TPSA) is 65.8 Å². The Morgan fingerprint density at radius 2 is 2.05 bits per heavy atom. The number of aromatic nitrogens is 1. The molecule has 20 heavy (non-hydrogen) atoms. The minimum absolute atomic E-state index is 0.256. The summed E-state index contributed by atoms with van der Waals surface area (Å²) in [7, 11) is 0. The Hall–Kier alpha value is -2.38. The predicted molar refractivity (Wildman–Crippen MR) is 77.7 cm³/mol. The second kappa shape index (κ2) is 6.18. The molecule has 1 aromatic carbocycles. The molecule has 1 N–H and O–H groups in total. The van der Waals surface area contributed by atoms with Crippen molar-refractivity contribution in [1.29, 1.82) is 5.26 Å². The fourth-order valence-electron chi connectivity index (χ4n) is 1.69. The zero-order valence-corrected chi connectivity index (χ0v) is 11.6. The Morgan fingerprint density at radius 1 is 1.35 bits per heavy atom. The van der Waals surface area contributed by atoms with Crippen molar-refractivity contribution < 1.29 is 4.79 Å². The van der Waals surface area contributed by atoms with Crippen LogP contribution >= 0.6 is 11.6 Å². The molecule has 0 bridgehead atoms. The average Bonchev–Trinajstić information content (AvgIpc) is 2.47. The van der Waals surface area contributed by atoms with Crippen molar-refractivity contribution in [1.82, 2.24) is 4.98 Å². The lowest BCUT2D eigenvalue weighted by Crippen LogP contribution is -2.12. The number of hydrogen-bond donors (Lipinski definition) is 1. The van der Waals surface area contributed by atoms with Crippen LogP contribution in [0.5, 0.6) is 0 Å². The van der Waals surface area contributed by atoms with Crippen LogP contribution < -0.4 is 5.32 Å². The Morgan fingerprint density at radius 3 is 2.65 bits per heavy atom. The molecular formula is C15H12ClN3O. The molecule has 0 atom stereocenters. The SMILES string of the molecule is CCc1cc(C(=O)Nc2ccc(C#N)cc2)cc(Cl)n1. The lowest BCUT2D eigenvalue weighted by Gasteiger charge is -2.07. The molecule has 0 radical (unpaired) electrons. The van der Waals surface area contributed by atoms with E-state index < -0.39 is 0 Å². The number of nitrogens with zero attached hydrogens (tertiary/aromatic N) is 2. The highest BCUT2D eigenvalue weighted by atomic mass is 35.5. The van der Waals surface area contributed by atoms with Gasteiger partial charge in [0.1, 0.15) is 5.15 Å². The third-order valence-electron chi connectivity index (χ3n) is 2.74. The number of aryl methyl sites for hydroxylation is 1. The van der Waals surface area contributed by atoms with E-state index in [0.717, 1.165) is 5.69 Å². The van der Waals surface area contributed by atoms with Crippen molar-refractivity contribution in [2.45, 2.75) is 13.3 Å². The van der Waals surface area contributed by atoms with Gasteiger partial charge >= 0.3 is 0 Å². The molecule has 2 rings (SSSR count). The van der Waals surface area contributed by atoms with Gasteiger partial charge in [0.05, 0.1) is 11.6 Å². The number of carbonyl (C=O) groups is 1. The van der Waals surface area contributed by atoms with E-state index in [1.807, 2.05) is 13.0 Å². The molecule has 0 aliphatic carbocycles. The minimum atomic E-state index is -0.256. The smallest absolute Gasteiger partial charge is 0.255 e. The van der Waals surface area contributed by atoms with Crippen LogP contribution in [-0.4, -0.2) is 10.9 Å². The standard InChI is InChI=1S/C15H12ClN3O/c1-2-12-7-11(8-14(16)18-12)15(20)19-13-5-3-10(9-17)4-6-13/h3-8H,2H2,1H3,(H,19,20). The number of anilines is 1. The van der Waals surface area contributed by atoms with Crippen molar-refractivity contribution in [3.63, 3.8) is 0 Å². The number of nitrogens with one attached hydrogen (secondary N) is 1. The van der Waals surface area contributed by atoms with E-state index in [1.165, 1.54) is 6.07 Å². The number of halogens is 1. The number of rotatable bonds is 3. The number of benzene rings is 1. The second-order valence-corrected chi connectivity index (χ2v) is 4.55. The fraction of sp³-hybridized carbons (Fsp3) is 0.133. The van der Waals surface area contributed by atoms with Crippen molar-refractivity contribution in [3.8, 4) is 6.07 Å². The Labute approximate surface area is 122 Å². The number of amides is 1. The fourth-order valence-corrected chi connectivity index (χ4v) is 1.92. The highest BCUT2D eigenvalue weighted by Gasteiger charge is 2.09. The van der Waals surface area contributed by atoms with Gasteiger partial charge in [-0.05, 0) is 42.8 Å². The zero-order valence-electron chi connectivity index (χ0n) is 10.9. The number of hydrogen-bond acceptors (Lipinski definition) is 3. The van der Waals surface area contributed by atoms with E-state index in [2.05, 4.69) is 10.3 Å². The lowest BCUT2D eigenvalue weighted by atomic mass is 10.1. The Bertz CT molecular complexity index is 675. The van der Waals surface area contributed by atoms with Gasteiger partial charge in [0.15, 0.2) is 0 Å². The summed E-state index contributed by atoms with van der Waals surface area (Å²) in [6.07, 6.45) is 0.706. The van der Waals surface area contributed by atoms with Crippen LogP contribution in [0.2, 0.25) is 5.15 Å². The largest absolute Gasteiger partial charge is 0.322 e. The van der Waals surface area contributed by atoms with Gasteiger partial charge in [-0.2, -0.15) is 5.26 Å². The van der Waals surface area contributed by atoms with Gasteiger partial charge in [-0.3, -0.25) is 4.79 Å². The maximum atomic E-state index is 12.1. The quantitative estimate of drug-likeness (QED) is 0.879. The summed E-state index contributed by atoms with van der Waals surface area (Å²) in [6.45, 7) is 1.95. The molecule has 0 aliphatic heterocycles. The highest BCUT2D eigenvalue weighted by molar-refractivity contribution is 6.29. The van der Waals surface area contributed by atoms with Gasteiger partial charge in [-0.1, -0.05) is 18.5 Å². The zero-order chi connectivity index (χ0) is 14.5. The first-order valence-electron chi connectivity index (χ1n) is 6.10. The summed E-state index contributed by atoms with van der Waals surface area (Å²) in [4.78, 5) is 16.2. The van der Waals surface area contributed by atoms with Gasteiger partial charge in [0.25, 0.3) is 5.91 Å². The maximum absolute atomic E-state index is 12.1. The molecule has 0 unspecified atom stereocenters. The van der Waals surface area contributed by atoms with Gasteiger partial charge in [0, 0.05) is 16.9 Å². The van der Waals surface area contributed by atoms with E-state index >= 15 is 0 Å². The molecule has 100 valence electrons. The number of carbonyl (C=O) groups excluding carboxylic acids is 1. The van der Waals surface area contributed by atoms with Crippen LogP contribution in [0, 0.1) is 11.3 Å². The van der Waals surface area contributed by atoms with E-state index in [0.29, 0.717) is 28.4 Å². The molecule has 1 amide bonds. The van der Waals surface area contributed by atoms with Crippen molar-refractivity contribution >= 4 is 23.2 Å². The molecule has 4 nitrogen and oxygen atoms in total. The lowest BCUT2D eigenvalue weighted by molar-refractivity contribution is 0.102. The van der Waals surface area contributed by atoms with Crippen LogP contribution in [0.15, 0.2) is 36.4 Å². The summed E-state index contributed by atoms with van der Waals surface area (Å²) in [5.41, 5.74) is 2.40. The maximum Gasteiger partial charge on any atom is 0.255 e. The Balaban J connectivity index is 2.19. The van der Waals surface area contributed by atoms with E-state index in [9.17, 15) is 4.79 Å². The van der Waals surface area contributed by atoms with Gasteiger partial charge < -0.3 is 5.32 Å². The van der Waals surface area contributed by atoms with E-state index in [1.54, 1.807) is 30.3 Å². The summed E-state index contributed by atoms with van der Waals surface area (Å²) >= 11 is 5.89. The first kappa shape index (κ1) is 14.0. The third-order valence-corrected chi connectivity index (χ3v) is 2.94. The Kier molecular flexibility index (Phi) is 4.34. The first-order valence-corrected chi connectivity index (χ1v) is 6.48. The monoisotopic (exact) mass is 285 g/mol. The summed E-state index contributed by atoms with van der Waals surface area (Å²) in [5.74, 6) is -0.256. The van der Waals surface area contributed by atoms with Crippen LogP contribution in [0.3, 0.4) is 0 Å². The molecule has 1 aromatic heterocycles. The predicted octanol–water partition coefficient (Wildman–Crippen LogP) is 3.42. The molecule has 0 aliphatic rings. The van der Waals surface area contributed by atoms with Crippen molar-refractivity contribution in [3.05, 3.63) is 58.4 Å². The molecule has 0 saturated carbocycles. The number of nitriles is 1. The summed E-state index contributed by atoms with van der Waals surface area (Å²) in [5, 5.41) is 11.8. The second-order valence-electron chi connectivity index (χ2n) is 4.17. The van der Waals surface area contributed by atoms with E-state index in [4.69, 9.17) is 16.9 Å². The molecule has 2 aromatic rings. The van der Waals surface area contributed by atoms with Crippen molar-refractivity contribution in [2.75, 3.05) is 5.32 Å². The third kappa shape index (κ3) is 3.34. The molecule has 0 spiro atoms. The van der Waals surface area contributed by atoms with Gasteiger partial charge in [-0.25, -0.2) is 4.98 Å². The molecule has 5 heteroatoms. The molecular weight excluding hydrogens is 274 g/mol. The average molecular weight is 286 g/mol. The normalized spacial score (nSPS) is 9.85. The van der Waals surface area contributed by atoms with E-state index in [-0.39, 0.29) is 5.91 Å². The summed E-state index contributed by atoms with van der Waals surface area (Å²) < 4.78 is 0.